The molecule has 0 bridgehead atoms. The molecule has 0 aromatic heterocycles. The predicted molar refractivity (Wildman–Crippen MR) is 368 cm³/mol. The highest BCUT2D eigenvalue weighted by molar-refractivity contribution is 6.31. The Hall–Kier alpha value is -7.81. The maximum atomic E-state index is 15.3. The molecule has 5 rings (SSSR count). The Bertz CT molecular complexity index is 3260. The van der Waals surface area contributed by atoms with Crippen LogP contribution in [0.5, 0.6) is 0 Å². The fourth-order valence-electron chi connectivity index (χ4n) is 12.9. The van der Waals surface area contributed by atoms with Crippen molar-refractivity contribution in [1.29, 1.82) is 0 Å². The third-order valence-electron chi connectivity index (χ3n) is 19.6. The SMILES string of the molecule is C=CC[C@H]1NC(=O)[C@H](Cc2ccccc2Cl)N(C)C(=O)[C@H](CCc2ccc(C(F)(F)F)c(Cl)c2)NC(=O)CN(C)C(=O)[C@H](CC2CCCCC2)N(C)C(=O)CN(C)C(=O)CN(C)C(=O)[C@H]([C@@H](C)CC)NC(=O)[C@H](C)N(C)C(=O)CC(C(=O)N2CCCC2)N(C)C(=O)[C@H](C(C)C)N(C)C1=O. The van der Waals surface area contributed by atoms with E-state index in [1.807, 2.05) is 0 Å². The summed E-state index contributed by atoms with van der Waals surface area (Å²) in [5.41, 5.74) is -0.502. The largest absolute Gasteiger partial charge is 0.417 e. The van der Waals surface area contributed by atoms with E-state index >= 15 is 19.2 Å². The summed E-state index contributed by atoms with van der Waals surface area (Å²) in [5.74, 6) is -10.2. The van der Waals surface area contributed by atoms with Gasteiger partial charge < -0.3 is 60.0 Å². The average Bonchev–Trinajstić information content (AvgIpc) is 1.32. The first-order valence-corrected chi connectivity index (χ1v) is 34.6. The van der Waals surface area contributed by atoms with Gasteiger partial charge in [0.05, 0.1) is 36.6 Å². The van der Waals surface area contributed by atoms with Crippen LogP contribution in [0, 0.1) is 17.8 Å². The highest BCUT2D eigenvalue weighted by Gasteiger charge is 2.44. The standard InChI is InChI=1S/C70H101Cl2F3N12O12/c1-15-24-51-65(95)86(14)61(42(3)4)69(99)85(13)55(67(97)87-33-22-23-34-87)38-57(89)82(10)44(6)62(92)78-60(43(5)16-2)68(98)81(9)40-58(90)79(7)41-59(91)83(11)54(36-45-25-18-17-19-26-45)66(96)80(8)39-56(88)76-52(32-30-46-29-31-48(50(72)35-46)70(73,74)75)64(94)84(12)53(63(93)77-51)37-47-27-20-21-28-49(47)71/h15,20-21,27-29,31,35,42-45,51-55,60-61H,1,16-19,22-26,30,32-34,36-41H2,2-14H3,(H,76,88)(H,77,93)(H,78,92)/t43-,44-,51+,52-,53-,54-,55?,60-,61-/m0/s1. The van der Waals surface area contributed by atoms with Gasteiger partial charge in [-0.25, -0.2) is 0 Å². The van der Waals surface area contributed by atoms with Crippen LogP contribution in [0.15, 0.2) is 55.1 Å². The summed E-state index contributed by atoms with van der Waals surface area (Å²) < 4.78 is 41.7. The van der Waals surface area contributed by atoms with E-state index in [4.69, 9.17) is 23.2 Å². The second-order valence-electron chi connectivity index (χ2n) is 27.1. The lowest BCUT2D eigenvalue weighted by Gasteiger charge is -2.39. The molecule has 99 heavy (non-hydrogen) atoms. The minimum absolute atomic E-state index is 0.0121. The Labute approximate surface area is 589 Å². The van der Waals surface area contributed by atoms with Crippen LogP contribution in [0.2, 0.25) is 10.0 Å². The zero-order valence-electron chi connectivity index (χ0n) is 59.4. The molecule has 1 unspecified atom stereocenters. The highest BCUT2D eigenvalue weighted by atomic mass is 35.5. The molecule has 2 aliphatic heterocycles. The van der Waals surface area contributed by atoms with Crippen LogP contribution in [0.1, 0.15) is 128 Å². The molecule has 1 aliphatic carbocycles. The van der Waals surface area contributed by atoms with Crippen LogP contribution in [-0.4, -0.2) is 252 Å². The van der Waals surface area contributed by atoms with Gasteiger partial charge in [-0.05, 0) is 92.5 Å². The van der Waals surface area contributed by atoms with Crippen molar-refractivity contribution in [3.05, 3.63) is 81.9 Å². The summed E-state index contributed by atoms with van der Waals surface area (Å²) in [4.78, 5) is 187. The second kappa shape index (κ2) is 37.0. The predicted octanol–water partition coefficient (Wildman–Crippen LogP) is 5.45. The topological polar surface area (TPSA) is 270 Å². The number of aryl methyl sites for hydroxylation is 1. The van der Waals surface area contributed by atoms with E-state index in [0.29, 0.717) is 37.9 Å². The number of nitrogens with one attached hydrogen (secondary N) is 3. The fourth-order valence-corrected chi connectivity index (χ4v) is 13.4. The number of likely N-dealkylation sites (tertiary alicyclic amines) is 1. The number of halogens is 5. The lowest BCUT2D eigenvalue weighted by molar-refractivity contribution is -0.154. The van der Waals surface area contributed by atoms with Crippen LogP contribution in [-0.2, 0) is 76.6 Å². The van der Waals surface area contributed by atoms with Gasteiger partial charge in [0.15, 0.2) is 0 Å². The second-order valence-corrected chi connectivity index (χ2v) is 27.9. The molecule has 548 valence electrons. The smallest absolute Gasteiger partial charge is 0.343 e. The Morgan fingerprint density at radius 2 is 1.24 bits per heavy atom. The average molecular weight is 1430 g/mol. The number of carbonyl (C=O) groups excluding carboxylic acids is 12. The van der Waals surface area contributed by atoms with Crippen molar-refractivity contribution in [1.82, 2.24) is 60.0 Å². The zero-order chi connectivity index (χ0) is 74.1. The van der Waals surface area contributed by atoms with E-state index in [-0.39, 0.29) is 48.6 Å². The van der Waals surface area contributed by atoms with Crippen molar-refractivity contribution in [3.8, 4) is 0 Å². The lowest BCUT2D eigenvalue weighted by atomic mass is 9.84. The molecule has 0 radical (unpaired) electrons. The Morgan fingerprint density at radius 1 is 0.636 bits per heavy atom. The van der Waals surface area contributed by atoms with E-state index < -0.39 is 174 Å². The van der Waals surface area contributed by atoms with Gasteiger partial charge in [-0.2, -0.15) is 13.2 Å². The normalized spacial score (nSPS) is 24.8. The zero-order valence-corrected chi connectivity index (χ0v) is 60.9. The molecule has 2 aromatic carbocycles. The number of carbonyl (C=O) groups is 12. The fraction of sp³-hybridized carbons (Fsp3) is 0.629. The molecule has 2 aromatic rings. The maximum Gasteiger partial charge on any atom is 0.417 e. The number of likely N-dealkylation sites (N-methyl/N-ethyl adjacent to an activating group) is 8. The summed E-state index contributed by atoms with van der Waals surface area (Å²) in [6.07, 6.45) is 1.05. The molecular weight excluding hydrogens is 1330 g/mol. The number of amides is 12. The first-order chi connectivity index (χ1) is 46.4. The summed E-state index contributed by atoms with van der Waals surface area (Å²) in [6, 6.07) is -1.57. The number of benzene rings is 2. The quantitative estimate of drug-likeness (QED) is 0.212. The third-order valence-corrected chi connectivity index (χ3v) is 20.3. The first kappa shape index (κ1) is 81.9. The number of hydrogen-bond donors (Lipinski definition) is 3. The van der Waals surface area contributed by atoms with E-state index in [2.05, 4.69) is 22.5 Å². The van der Waals surface area contributed by atoms with Crippen molar-refractivity contribution in [2.75, 3.05) is 89.1 Å². The van der Waals surface area contributed by atoms with Crippen LogP contribution in [0.3, 0.4) is 0 Å². The Morgan fingerprint density at radius 3 is 1.83 bits per heavy atom. The first-order valence-electron chi connectivity index (χ1n) is 33.9. The summed E-state index contributed by atoms with van der Waals surface area (Å²) in [6.45, 7) is 11.0. The van der Waals surface area contributed by atoms with Crippen molar-refractivity contribution in [3.63, 3.8) is 0 Å². The molecule has 29 heteroatoms. The molecular formula is C70H101Cl2F3N12O12. The van der Waals surface area contributed by atoms with Gasteiger partial charge in [-0.1, -0.05) is 120 Å². The van der Waals surface area contributed by atoms with Crippen molar-refractivity contribution >= 4 is 94.1 Å². The van der Waals surface area contributed by atoms with Gasteiger partial charge in [0.1, 0.15) is 48.3 Å². The minimum atomic E-state index is -4.80. The van der Waals surface area contributed by atoms with Gasteiger partial charge in [0.25, 0.3) is 0 Å². The van der Waals surface area contributed by atoms with E-state index in [0.717, 1.165) is 78.5 Å². The number of alkyl halides is 3. The van der Waals surface area contributed by atoms with Gasteiger partial charge in [0.2, 0.25) is 70.9 Å². The van der Waals surface area contributed by atoms with Crippen molar-refractivity contribution < 1.29 is 70.7 Å². The van der Waals surface area contributed by atoms with Gasteiger partial charge in [-0.3, -0.25) is 57.5 Å². The molecule has 3 fully saturated rings. The van der Waals surface area contributed by atoms with Crippen LogP contribution < -0.4 is 16.0 Å². The van der Waals surface area contributed by atoms with E-state index in [9.17, 15) is 51.5 Å². The number of hydrogen-bond acceptors (Lipinski definition) is 12. The Kier molecular flexibility index (Phi) is 30.6. The van der Waals surface area contributed by atoms with Crippen LogP contribution in [0.4, 0.5) is 13.2 Å². The number of rotatable bonds is 13. The Balaban J connectivity index is 1.64. The molecule has 12 amide bonds. The monoisotopic (exact) mass is 1430 g/mol. The van der Waals surface area contributed by atoms with Crippen molar-refractivity contribution in [2.24, 2.45) is 17.8 Å². The molecule has 0 spiro atoms. The molecule has 3 aliphatic rings. The molecule has 2 heterocycles. The highest BCUT2D eigenvalue weighted by Crippen LogP contribution is 2.36. The van der Waals surface area contributed by atoms with Gasteiger partial charge >= 0.3 is 6.18 Å². The number of nitrogens with zero attached hydrogens (tertiary/aromatic N) is 9. The van der Waals surface area contributed by atoms with Crippen LogP contribution >= 0.6 is 23.2 Å². The molecule has 3 N–H and O–H groups in total. The summed E-state index contributed by atoms with van der Waals surface area (Å²) in [5, 5.41) is 7.80. The lowest BCUT2D eigenvalue weighted by Crippen LogP contribution is -2.61. The maximum absolute atomic E-state index is 15.3. The van der Waals surface area contributed by atoms with Gasteiger partial charge in [-0.15, -0.1) is 6.58 Å². The minimum Gasteiger partial charge on any atom is -0.343 e. The molecule has 24 nitrogen and oxygen atoms in total. The van der Waals surface area contributed by atoms with Crippen molar-refractivity contribution in [2.45, 2.75) is 179 Å². The molecule has 9 atom stereocenters. The van der Waals surface area contributed by atoms with E-state index in [1.165, 1.54) is 85.2 Å². The van der Waals surface area contributed by atoms with Crippen LogP contribution in [0.25, 0.3) is 0 Å². The summed E-state index contributed by atoms with van der Waals surface area (Å²) in [7, 11) is 10.7. The third kappa shape index (κ3) is 21.8. The van der Waals surface area contributed by atoms with Gasteiger partial charge in [0, 0.05) is 80.9 Å². The van der Waals surface area contributed by atoms with E-state index in [1.54, 1.807) is 52.0 Å². The molecule has 1 saturated carbocycles. The molecule has 2 saturated heterocycles. The summed E-state index contributed by atoms with van der Waals surface area (Å²) >= 11 is 12.9.